The quantitative estimate of drug-likeness (QED) is 0.747. The van der Waals surface area contributed by atoms with Crippen LogP contribution in [0.15, 0.2) is 24.3 Å². The molecule has 2 N–H and O–H groups in total. The number of nitrogens with two attached hydrogens (primary N) is 1. The maximum Gasteiger partial charge on any atom is 0.242 e. The van der Waals surface area contributed by atoms with Gasteiger partial charge in [0.1, 0.15) is 18.1 Å². The Morgan fingerprint density at radius 1 is 1.31 bits per heavy atom. The highest BCUT2D eigenvalue weighted by Gasteiger charge is 2.19. The summed E-state index contributed by atoms with van der Waals surface area (Å²) in [5.74, 6) is 0.447. The predicted octanol–water partition coefficient (Wildman–Crippen LogP) is 1.41. The van der Waals surface area contributed by atoms with Crippen molar-refractivity contribution in [2.45, 2.75) is 38.6 Å². The first-order valence-corrected chi connectivity index (χ1v) is 10.8. The third-order valence-electron chi connectivity index (χ3n) is 4.50. The summed E-state index contributed by atoms with van der Waals surface area (Å²) < 4.78 is 25.1. The van der Waals surface area contributed by atoms with Gasteiger partial charge < -0.3 is 15.2 Å². The molecule has 26 heavy (non-hydrogen) atoms. The number of para-hydroxylation sites is 2. The van der Waals surface area contributed by atoms with E-state index in [0.717, 1.165) is 18.2 Å². The lowest BCUT2D eigenvalue weighted by atomic mass is 10.0. The monoisotopic (exact) mass is 380 g/mol. The van der Waals surface area contributed by atoms with Gasteiger partial charge in [0.15, 0.2) is 9.84 Å². The van der Waals surface area contributed by atoms with Crippen molar-refractivity contribution >= 4 is 26.8 Å². The van der Waals surface area contributed by atoms with Crippen LogP contribution in [0.1, 0.15) is 26.1 Å². The number of fused-ring (bicyclic) bond motifs is 1. The molecular formula is C18H28N4O3S. The third kappa shape index (κ3) is 5.28. The summed E-state index contributed by atoms with van der Waals surface area (Å²) in [6, 6.07) is 7.38. The van der Waals surface area contributed by atoms with Gasteiger partial charge >= 0.3 is 0 Å². The van der Waals surface area contributed by atoms with Gasteiger partial charge in [0.2, 0.25) is 5.91 Å². The van der Waals surface area contributed by atoms with Gasteiger partial charge in [-0.15, -0.1) is 0 Å². The zero-order valence-corrected chi connectivity index (χ0v) is 16.7. The Morgan fingerprint density at radius 2 is 1.96 bits per heavy atom. The van der Waals surface area contributed by atoms with E-state index in [1.165, 1.54) is 0 Å². The van der Waals surface area contributed by atoms with Crippen LogP contribution in [0.3, 0.4) is 0 Å². The van der Waals surface area contributed by atoms with Crippen molar-refractivity contribution in [2.75, 3.05) is 19.8 Å². The molecule has 1 heterocycles. The third-order valence-corrected chi connectivity index (χ3v) is 5.28. The number of imidazole rings is 1. The summed E-state index contributed by atoms with van der Waals surface area (Å²) in [5.41, 5.74) is 7.49. The Bertz CT molecular complexity index is 874. The van der Waals surface area contributed by atoms with Gasteiger partial charge in [-0.3, -0.25) is 4.79 Å². The maximum absolute atomic E-state index is 12.6. The normalized spacial score (nSPS) is 13.3. The lowest BCUT2D eigenvalue weighted by molar-refractivity contribution is -0.130. The second-order valence-corrected chi connectivity index (χ2v) is 9.33. The predicted molar refractivity (Wildman–Crippen MR) is 103 cm³/mol. The number of carbonyl (C=O) groups is 1. The molecule has 0 fully saturated rings. The molecule has 2 aromatic rings. The number of amides is 1. The van der Waals surface area contributed by atoms with Gasteiger partial charge in [0.05, 0.1) is 11.0 Å². The summed E-state index contributed by atoms with van der Waals surface area (Å²) >= 11 is 0. The van der Waals surface area contributed by atoms with Gasteiger partial charge in [-0.1, -0.05) is 26.0 Å². The van der Waals surface area contributed by atoms with Crippen molar-refractivity contribution in [1.29, 1.82) is 0 Å². The van der Waals surface area contributed by atoms with Crippen molar-refractivity contribution in [3.63, 3.8) is 0 Å². The van der Waals surface area contributed by atoms with Gasteiger partial charge in [-0.05, 0) is 24.5 Å². The SMILES string of the molecule is CC(C)C(N)CCN(C)C(=O)Cn1c(CS(C)(=O)=O)nc2ccccc21. The Kier molecular flexibility index (Phi) is 6.41. The number of hydrogen-bond donors (Lipinski definition) is 1. The highest BCUT2D eigenvalue weighted by atomic mass is 32.2. The van der Waals surface area contributed by atoms with E-state index in [4.69, 9.17) is 5.73 Å². The number of aromatic nitrogens is 2. The number of rotatable bonds is 8. The molecule has 0 spiro atoms. The fourth-order valence-electron chi connectivity index (χ4n) is 2.70. The molecule has 8 heteroatoms. The number of likely N-dealkylation sites (N-methyl/N-ethyl adjacent to an activating group) is 1. The maximum atomic E-state index is 12.6. The second-order valence-electron chi connectivity index (χ2n) is 7.18. The Labute approximate surface area is 155 Å². The van der Waals surface area contributed by atoms with Crippen LogP contribution in [0.5, 0.6) is 0 Å². The average molecular weight is 381 g/mol. The molecule has 2 rings (SSSR count). The van der Waals surface area contributed by atoms with E-state index in [-0.39, 0.29) is 24.2 Å². The fraction of sp³-hybridized carbons (Fsp3) is 0.556. The zero-order valence-electron chi connectivity index (χ0n) is 15.8. The van der Waals surface area contributed by atoms with E-state index in [1.54, 1.807) is 16.5 Å². The lowest BCUT2D eigenvalue weighted by Crippen LogP contribution is -2.36. The first-order valence-electron chi connectivity index (χ1n) is 8.70. The number of benzene rings is 1. The van der Waals surface area contributed by atoms with Crippen molar-refractivity contribution in [1.82, 2.24) is 14.5 Å². The van der Waals surface area contributed by atoms with E-state index < -0.39 is 9.84 Å². The lowest BCUT2D eigenvalue weighted by Gasteiger charge is -2.22. The summed E-state index contributed by atoms with van der Waals surface area (Å²) in [4.78, 5) is 18.7. The fourth-order valence-corrected chi connectivity index (χ4v) is 3.39. The van der Waals surface area contributed by atoms with E-state index in [2.05, 4.69) is 18.8 Å². The molecule has 0 aliphatic heterocycles. The number of sulfone groups is 1. The van der Waals surface area contributed by atoms with Gasteiger partial charge in [0, 0.05) is 25.9 Å². The number of carbonyl (C=O) groups excluding carboxylic acids is 1. The molecule has 0 bridgehead atoms. The minimum Gasteiger partial charge on any atom is -0.344 e. The van der Waals surface area contributed by atoms with Crippen LogP contribution in [0, 0.1) is 5.92 Å². The Balaban J connectivity index is 2.20. The largest absolute Gasteiger partial charge is 0.344 e. The van der Waals surface area contributed by atoms with Crippen molar-refractivity contribution < 1.29 is 13.2 Å². The van der Waals surface area contributed by atoms with Crippen LogP contribution in [0.25, 0.3) is 11.0 Å². The van der Waals surface area contributed by atoms with Crippen molar-refractivity contribution in [3.05, 3.63) is 30.1 Å². The topological polar surface area (TPSA) is 98.3 Å². The molecule has 1 aromatic carbocycles. The molecule has 1 unspecified atom stereocenters. The molecule has 1 aromatic heterocycles. The van der Waals surface area contributed by atoms with Gasteiger partial charge in [-0.25, -0.2) is 13.4 Å². The Morgan fingerprint density at radius 3 is 2.58 bits per heavy atom. The summed E-state index contributed by atoms with van der Waals surface area (Å²) in [5, 5.41) is 0. The van der Waals surface area contributed by atoms with Crippen molar-refractivity contribution in [3.8, 4) is 0 Å². The molecule has 1 amide bonds. The molecule has 144 valence electrons. The van der Waals surface area contributed by atoms with Crippen LogP contribution in [-0.2, 0) is 26.9 Å². The van der Waals surface area contributed by atoms with Crippen LogP contribution in [0.4, 0.5) is 0 Å². The molecule has 7 nitrogen and oxygen atoms in total. The molecule has 0 aliphatic carbocycles. The minimum absolute atomic E-state index is 0.0418. The van der Waals surface area contributed by atoms with Crippen LogP contribution in [-0.4, -0.2) is 54.7 Å². The van der Waals surface area contributed by atoms with Crippen LogP contribution < -0.4 is 5.73 Å². The molecule has 0 saturated carbocycles. The zero-order chi connectivity index (χ0) is 19.5. The average Bonchev–Trinajstić information content (AvgIpc) is 2.87. The van der Waals surface area contributed by atoms with Crippen LogP contribution >= 0.6 is 0 Å². The van der Waals surface area contributed by atoms with E-state index in [9.17, 15) is 13.2 Å². The Hall–Kier alpha value is -1.93. The summed E-state index contributed by atoms with van der Waals surface area (Å²) in [6.45, 7) is 4.73. The summed E-state index contributed by atoms with van der Waals surface area (Å²) in [6.07, 6.45) is 1.89. The molecule has 1 atom stereocenters. The molecule has 0 radical (unpaired) electrons. The minimum atomic E-state index is -3.26. The van der Waals surface area contributed by atoms with Gasteiger partial charge in [-0.2, -0.15) is 0 Å². The second kappa shape index (κ2) is 8.18. The molecular weight excluding hydrogens is 352 g/mol. The molecule has 0 aliphatic rings. The van der Waals surface area contributed by atoms with E-state index in [1.807, 2.05) is 24.3 Å². The standard InChI is InChI=1S/C18H28N4O3S/c1-13(2)14(19)9-10-21(3)18(23)11-22-16-8-6-5-7-15(16)20-17(22)12-26(4,24)25/h5-8,13-14H,9-12,19H2,1-4H3. The highest BCUT2D eigenvalue weighted by molar-refractivity contribution is 7.89. The summed E-state index contributed by atoms with van der Waals surface area (Å²) in [7, 11) is -1.52. The number of hydrogen-bond acceptors (Lipinski definition) is 5. The molecule has 0 saturated heterocycles. The first kappa shape index (κ1) is 20.4. The van der Waals surface area contributed by atoms with E-state index in [0.29, 0.717) is 23.8 Å². The van der Waals surface area contributed by atoms with E-state index >= 15 is 0 Å². The van der Waals surface area contributed by atoms with Crippen molar-refractivity contribution in [2.24, 2.45) is 11.7 Å². The smallest absolute Gasteiger partial charge is 0.242 e. The van der Waals surface area contributed by atoms with Crippen LogP contribution in [0.2, 0.25) is 0 Å². The highest BCUT2D eigenvalue weighted by Crippen LogP contribution is 2.18. The number of nitrogens with zero attached hydrogens (tertiary/aromatic N) is 3. The first-order chi connectivity index (χ1) is 12.1. The van der Waals surface area contributed by atoms with Gasteiger partial charge in [0.25, 0.3) is 0 Å².